The van der Waals surface area contributed by atoms with Crippen LogP contribution >= 0.6 is 0 Å². The highest BCUT2D eigenvalue weighted by atomic mass is 16.7. The second kappa shape index (κ2) is 19.8. The molecule has 310 valence electrons. The topological polar surface area (TPSA) is 296 Å². The van der Waals surface area contributed by atoms with E-state index >= 15 is 0 Å². The maximum Gasteiger partial charge on any atom is 0.407 e. The average Bonchev–Trinajstić information content (AvgIpc) is 3.17. The molecular weight excluding hydrogens is 736 g/mol. The van der Waals surface area contributed by atoms with Crippen LogP contribution in [0.25, 0.3) is 0 Å². The summed E-state index contributed by atoms with van der Waals surface area (Å²) in [5.41, 5.74) is 0.344. The van der Waals surface area contributed by atoms with Crippen LogP contribution in [0.4, 0.5) is 10.5 Å². The number of alkyl carbamates (subject to hydrolysis) is 1. The Morgan fingerprint density at radius 3 is 2.24 bits per heavy atom. The number of benzene rings is 1. The van der Waals surface area contributed by atoms with Crippen LogP contribution in [-0.2, 0) is 44.6 Å². The van der Waals surface area contributed by atoms with E-state index in [2.05, 4.69) is 5.32 Å². The number of aliphatic hydroxyl groups excluding tert-OH is 6. The molecule has 1 aromatic carbocycles. The Hall–Kier alpha value is -3.12. The molecule has 14 atom stereocenters. The molecule has 0 radical (unpaired) electrons. The van der Waals surface area contributed by atoms with E-state index in [0.717, 1.165) is 32.1 Å². The highest BCUT2D eigenvalue weighted by Crippen LogP contribution is 2.34. The summed E-state index contributed by atoms with van der Waals surface area (Å²) in [7, 11) is 0. The predicted octanol–water partition coefficient (Wildman–Crippen LogP) is -0.544. The first-order valence-electron chi connectivity index (χ1n) is 18.5. The summed E-state index contributed by atoms with van der Waals surface area (Å²) in [4.78, 5) is 35.3. The first kappa shape index (κ1) is 43.0. The molecule has 20 heteroatoms. The number of aliphatic carboxylic acids is 1. The molecule has 20 nitrogen and oxygen atoms in total. The number of ether oxygens (including phenoxy) is 7. The van der Waals surface area contributed by atoms with Gasteiger partial charge in [-0.15, -0.1) is 0 Å². The molecule has 1 saturated carbocycles. The van der Waals surface area contributed by atoms with Crippen molar-refractivity contribution in [3.8, 4) is 0 Å². The first-order valence-corrected chi connectivity index (χ1v) is 18.5. The van der Waals surface area contributed by atoms with Gasteiger partial charge in [-0.05, 0) is 43.4 Å². The maximum absolute atomic E-state index is 12.7. The molecule has 4 aliphatic rings. The molecule has 3 aliphatic heterocycles. The van der Waals surface area contributed by atoms with Gasteiger partial charge in [-0.3, -0.25) is 10.1 Å². The molecule has 55 heavy (non-hydrogen) atoms. The molecule has 4 fully saturated rings. The quantitative estimate of drug-likeness (QED) is 0.0817. The van der Waals surface area contributed by atoms with Crippen molar-refractivity contribution in [2.45, 2.75) is 144 Å². The minimum absolute atomic E-state index is 0.0117. The number of carbonyl (C=O) groups excluding carboxylic acids is 1. The van der Waals surface area contributed by atoms with Crippen LogP contribution in [0.3, 0.4) is 0 Å². The molecule has 1 aliphatic carbocycles. The second-order valence-electron chi connectivity index (χ2n) is 14.4. The van der Waals surface area contributed by atoms with E-state index in [4.69, 9.17) is 33.2 Å². The Morgan fingerprint density at radius 1 is 0.891 bits per heavy atom. The van der Waals surface area contributed by atoms with Crippen molar-refractivity contribution < 1.29 is 83.4 Å². The zero-order valence-corrected chi connectivity index (χ0v) is 30.3. The number of hydrogen-bond donors (Lipinski definition) is 8. The minimum atomic E-state index is -1.77. The lowest BCUT2D eigenvalue weighted by molar-refractivity contribution is -0.384. The van der Waals surface area contributed by atoms with Crippen molar-refractivity contribution in [1.82, 2.24) is 5.32 Å². The number of carboxylic acids is 1. The van der Waals surface area contributed by atoms with Crippen molar-refractivity contribution in [2.24, 2.45) is 5.92 Å². The number of hydrogen-bond acceptors (Lipinski definition) is 17. The summed E-state index contributed by atoms with van der Waals surface area (Å²) in [5, 5.41) is 87.4. The summed E-state index contributed by atoms with van der Waals surface area (Å²) in [6.45, 7) is 0.232. The number of nitro benzene ring substituents is 1. The summed E-state index contributed by atoms with van der Waals surface area (Å²) < 4.78 is 40.7. The van der Waals surface area contributed by atoms with Gasteiger partial charge < -0.3 is 74.2 Å². The highest BCUT2D eigenvalue weighted by Gasteiger charge is 2.51. The summed E-state index contributed by atoms with van der Waals surface area (Å²) >= 11 is 0. The standard InChI is InChI=1S/C35H52N2O18/c1-17-25(39)27(41)28(42)33(51-17)55-30-21(11-12-49-23(30)14-36-35(46)50-16-19-7-9-20(10-8-19)37(47)48)53-34-29(43)31(26(40)24(15-38)54-34)52-22(32(44)45)13-18-5-3-2-4-6-18/h7-10,17-18,21-31,33-34,38-43H,2-6,11-16H2,1H3,(H,36,46)(H,44,45)/t17-,21+,22-,23+,24+,25+,26-,27+,28-,29+,30-,31-,33-,34+/m0/s1. The van der Waals surface area contributed by atoms with E-state index in [1.165, 1.54) is 31.2 Å². The van der Waals surface area contributed by atoms with E-state index in [1.54, 1.807) is 0 Å². The largest absolute Gasteiger partial charge is 0.479 e. The zero-order valence-electron chi connectivity index (χ0n) is 30.3. The Kier molecular flexibility index (Phi) is 15.5. The van der Waals surface area contributed by atoms with Crippen LogP contribution in [0.5, 0.6) is 0 Å². The van der Waals surface area contributed by atoms with Crippen molar-refractivity contribution in [2.75, 3.05) is 19.8 Å². The fraction of sp³-hybridized carbons (Fsp3) is 0.771. The third-order valence-electron chi connectivity index (χ3n) is 10.5. The van der Waals surface area contributed by atoms with Gasteiger partial charge >= 0.3 is 12.1 Å². The van der Waals surface area contributed by atoms with Crippen LogP contribution in [0.2, 0.25) is 0 Å². The summed E-state index contributed by atoms with van der Waals surface area (Å²) in [5.74, 6) is -1.20. The van der Waals surface area contributed by atoms with Gasteiger partial charge in [-0.25, -0.2) is 9.59 Å². The number of rotatable bonds is 15. The highest BCUT2D eigenvalue weighted by molar-refractivity contribution is 5.72. The number of carbonyl (C=O) groups is 2. The third kappa shape index (κ3) is 11.1. The Morgan fingerprint density at radius 2 is 1.58 bits per heavy atom. The number of carboxylic acid groups (broad SMARTS) is 1. The Labute approximate surface area is 316 Å². The van der Waals surface area contributed by atoms with Gasteiger partial charge in [0, 0.05) is 25.3 Å². The molecule has 8 N–H and O–H groups in total. The normalized spacial score (nSPS) is 36.5. The molecule has 3 heterocycles. The fourth-order valence-corrected chi connectivity index (χ4v) is 7.34. The molecule has 0 bridgehead atoms. The van der Waals surface area contributed by atoms with Crippen LogP contribution in [0.15, 0.2) is 24.3 Å². The third-order valence-corrected chi connectivity index (χ3v) is 10.5. The summed E-state index contributed by atoms with van der Waals surface area (Å²) in [6, 6.07) is 5.39. The lowest BCUT2D eigenvalue weighted by atomic mass is 9.85. The number of non-ortho nitro benzene ring substituents is 1. The lowest BCUT2D eigenvalue weighted by Gasteiger charge is -2.47. The molecule has 0 aromatic heterocycles. The van der Waals surface area contributed by atoms with Gasteiger partial charge in [0.1, 0.15) is 61.5 Å². The number of nitro groups is 1. The Bertz CT molecular complexity index is 1400. The predicted molar refractivity (Wildman–Crippen MR) is 183 cm³/mol. The van der Waals surface area contributed by atoms with E-state index < -0.39 is 109 Å². The van der Waals surface area contributed by atoms with Crippen LogP contribution in [0, 0.1) is 16.0 Å². The van der Waals surface area contributed by atoms with Crippen LogP contribution in [-0.4, -0.2) is 158 Å². The van der Waals surface area contributed by atoms with E-state index in [1.807, 2.05) is 0 Å². The molecule has 0 spiro atoms. The fourth-order valence-electron chi connectivity index (χ4n) is 7.34. The van der Waals surface area contributed by atoms with Crippen molar-refractivity contribution in [3.63, 3.8) is 0 Å². The molecule has 0 unspecified atom stereocenters. The smallest absolute Gasteiger partial charge is 0.407 e. The molecule has 3 saturated heterocycles. The SMILES string of the molecule is C[C@@H]1O[C@@H](O[C@@H]2[C@@H](CNC(=O)OCc3ccc([N+](=O)[O-])cc3)OCC[C@H]2O[C@@H]2O[C@H](CO)[C@H](O)[C@H](O[C@@H](CC3CCCCC3)C(=O)O)[C@H]2O)[C@@H](O)[C@H](O)[C@@H]1O. The van der Waals surface area contributed by atoms with Crippen molar-refractivity contribution in [3.05, 3.63) is 39.9 Å². The van der Waals surface area contributed by atoms with Crippen LogP contribution in [0.1, 0.15) is 57.4 Å². The van der Waals surface area contributed by atoms with Gasteiger partial charge in [0.15, 0.2) is 18.7 Å². The monoisotopic (exact) mass is 788 g/mol. The first-order chi connectivity index (χ1) is 26.3. The maximum atomic E-state index is 12.7. The van der Waals surface area contributed by atoms with E-state index in [-0.39, 0.29) is 44.2 Å². The van der Waals surface area contributed by atoms with Gasteiger partial charge in [-0.1, -0.05) is 32.1 Å². The average molecular weight is 789 g/mol. The molecule has 1 amide bonds. The lowest BCUT2D eigenvalue weighted by Crippen LogP contribution is -2.64. The Balaban J connectivity index is 1.30. The van der Waals surface area contributed by atoms with Gasteiger partial charge in [-0.2, -0.15) is 0 Å². The molecular formula is C35H52N2O18. The van der Waals surface area contributed by atoms with Crippen LogP contribution < -0.4 is 5.32 Å². The zero-order chi connectivity index (χ0) is 39.8. The number of amides is 1. The van der Waals surface area contributed by atoms with Gasteiger partial charge in [0.2, 0.25) is 0 Å². The number of nitrogens with zero attached hydrogens (tertiary/aromatic N) is 1. The minimum Gasteiger partial charge on any atom is -0.479 e. The van der Waals surface area contributed by atoms with Gasteiger partial charge in [0.25, 0.3) is 5.69 Å². The summed E-state index contributed by atoms with van der Waals surface area (Å²) in [6.07, 6.45) is -16.1. The van der Waals surface area contributed by atoms with E-state index in [9.17, 15) is 55.4 Å². The van der Waals surface area contributed by atoms with Crippen molar-refractivity contribution in [1.29, 1.82) is 0 Å². The molecule has 5 rings (SSSR count). The second-order valence-corrected chi connectivity index (χ2v) is 14.4. The number of nitrogens with one attached hydrogen (secondary N) is 1. The van der Waals surface area contributed by atoms with Gasteiger partial charge in [0.05, 0.1) is 23.7 Å². The van der Waals surface area contributed by atoms with E-state index in [0.29, 0.717) is 5.56 Å². The van der Waals surface area contributed by atoms with Crippen molar-refractivity contribution >= 4 is 17.7 Å². The molecule has 1 aromatic rings. The number of aliphatic hydroxyl groups is 6.